The van der Waals surface area contributed by atoms with Crippen LogP contribution < -0.4 is 10.1 Å². The highest BCUT2D eigenvalue weighted by Crippen LogP contribution is 2.40. The summed E-state index contributed by atoms with van der Waals surface area (Å²) in [5, 5.41) is 4.08. The molecule has 0 aromatic carbocycles. The van der Waals surface area contributed by atoms with E-state index < -0.39 is 0 Å². The molecule has 134 valence electrons. The molecule has 6 heteroatoms. The number of ether oxygens (including phenoxy) is 1. The SMILES string of the molecule is CNc1ncc(CN2CC(Oc3cnc(C4CC4)cc3C)CC2C)s1. The van der Waals surface area contributed by atoms with Crippen molar-refractivity contribution in [3.8, 4) is 5.75 Å². The van der Waals surface area contributed by atoms with Crippen molar-refractivity contribution in [2.24, 2.45) is 0 Å². The lowest BCUT2D eigenvalue weighted by Gasteiger charge is -2.19. The van der Waals surface area contributed by atoms with Gasteiger partial charge in [-0.3, -0.25) is 9.88 Å². The van der Waals surface area contributed by atoms with Crippen LogP contribution in [0.15, 0.2) is 18.5 Å². The highest BCUT2D eigenvalue weighted by molar-refractivity contribution is 7.15. The van der Waals surface area contributed by atoms with Crippen LogP contribution in [0.25, 0.3) is 0 Å². The van der Waals surface area contributed by atoms with E-state index in [9.17, 15) is 0 Å². The largest absolute Gasteiger partial charge is 0.487 e. The third-order valence-corrected chi connectivity index (χ3v) is 6.16. The second kappa shape index (κ2) is 6.92. The van der Waals surface area contributed by atoms with Gasteiger partial charge in [-0.05, 0) is 38.3 Å². The molecule has 1 aliphatic heterocycles. The van der Waals surface area contributed by atoms with Crippen molar-refractivity contribution in [2.45, 2.75) is 57.7 Å². The van der Waals surface area contributed by atoms with Crippen LogP contribution in [0.2, 0.25) is 0 Å². The highest BCUT2D eigenvalue weighted by atomic mass is 32.1. The van der Waals surface area contributed by atoms with Gasteiger partial charge in [-0.1, -0.05) is 0 Å². The molecule has 2 fully saturated rings. The van der Waals surface area contributed by atoms with Gasteiger partial charge in [0.15, 0.2) is 5.13 Å². The van der Waals surface area contributed by atoms with Gasteiger partial charge in [0.2, 0.25) is 0 Å². The van der Waals surface area contributed by atoms with E-state index in [0.717, 1.165) is 30.4 Å². The molecule has 2 aromatic heterocycles. The summed E-state index contributed by atoms with van der Waals surface area (Å²) in [6, 6.07) is 2.73. The number of hydrogen-bond acceptors (Lipinski definition) is 6. The van der Waals surface area contributed by atoms with E-state index in [4.69, 9.17) is 4.74 Å². The van der Waals surface area contributed by atoms with E-state index in [2.05, 4.69) is 40.1 Å². The van der Waals surface area contributed by atoms with E-state index in [1.54, 1.807) is 11.3 Å². The summed E-state index contributed by atoms with van der Waals surface area (Å²) in [4.78, 5) is 12.8. The standard InChI is InChI=1S/C19H26N4OS/c1-12-6-17(14-4-5-14)21-9-18(12)24-15-7-13(2)23(10-15)11-16-8-22-19(20-3)25-16/h6,8-9,13-15H,4-5,7,10-11H2,1-3H3,(H,20,22). The third-order valence-electron chi connectivity index (χ3n) is 5.17. The van der Waals surface area contributed by atoms with Gasteiger partial charge in [0, 0.05) is 55.3 Å². The molecule has 1 saturated carbocycles. The molecule has 2 atom stereocenters. The minimum Gasteiger partial charge on any atom is -0.487 e. The first-order valence-corrected chi connectivity index (χ1v) is 9.93. The molecule has 3 heterocycles. The summed E-state index contributed by atoms with van der Waals surface area (Å²) in [7, 11) is 1.91. The lowest BCUT2D eigenvalue weighted by atomic mass is 10.2. The second-order valence-corrected chi connectivity index (χ2v) is 8.40. The molecule has 1 aliphatic carbocycles. The lowest BCUT2D eigenvalue weighted by molar-refractivity contribution is 0.194. The number of aryl methyl sites for hydroxylation is 1. The van der Waals surface area contributed by atoms with Crippen molar-refractivity contribution >= 4 is 16.5 Å². The van der Waals surface area contributed by atoms with Gasteiger partial charge in [0.1, 0.15) is 11.9 Å². The summed E-state index contributed by atoms with van der Waals surface area (Å²) in [5.41, 5.74) is 2.45. The number of likely N-dealkylation sites (tertiary alicyclic amines) is 1. The molecule has 25 heavy (non-hydrogen) atoms. The Labute approximate surface area is 153 Å². The van der Waals surface area contributed by atoms with Gasteiger partial charge in [-0.15, -0.1) is 11.3 Å². The molecule has 1 saturated heterocycles. The van der Waals surface area contributed by atoms with Crippen LogP contribution in [0.5, 0.6) is 5.75 Å². The Bertz CT molecular complexity index is 743. The molecule has 2 unspecified atom stereocenters. The third kappa shape index (κ3) is 3.80. The summed E-state index contributed by atoms with van der Waals surface area (Å²) in [5.74, 6) is 1.63. The number of thiazole rings is 1. The van der Waals surface area contributed by atoms with E-state index in [0.29, 0.717) is 12.0 Å². The maximum absolute atomic E-state index is 6.30. The Morgan fingerprint density at radius 3 is 2.84 bits per heavy atom. The van der Waals surface area contributed by atoms with E-state index in [-0.39, 0.29) is 6.10 Å². The number of nitrogens with one attached hydrogen (secondary N) is 1. The maximum Gasteiger partial charge on any atom is 0.182 e. The van der Waals surface area contributed by atoms with Crippen molar-refractivity contribution in [3.63, 3.8) is 0 Å². The van der Waals surface area contributed by atoms with Gasteiger partial charge in [0.25, 0.3) is 0 Å². The number of anilines is 1. The molecule has 2 aromatic rings. The van der Waals surface area contributed by atoms with Crippen LogP contribution >= 0.6 is 11.3 Å². The molecule has 0 spiro atoms. The van der Waals surface area contributed by atoms with Gasteiger partial charge >= 0.3 is 0 Å². The zero-order chi connectivity index (χ0) is 17.4. The summed E-state index contributed by atoms with van der Waals surface area (Å²) in [6.45, 7) is 6.32. The number of hydrogen-bond donors (Lipinski definition) is 1. The fourth-order valence-electron chi connectivity index (χ4n) is 3.52. The first kappa shape index (κ1) is 16.8. The molecular weight excluding hydrogens is 332 g/mol. The molecular formula is C19H26N4OS. The van der Waals surface area contributed by atoms with E-state index in [1.807, 2.05) is 19.4 Å². The van der Waals surface area contributed by atoms with Crippen molar-refractivity contribution in [1.82, 2.24) is 14.9 Å². The average Bonchev–Trinajstić information content (AvgIpc) is 3.26. The highest BCUT2D eigenvalue weighted by Gasteiger charge is 2.31. The predicted octanol–water partition coefficient (Wildman–Crippen LogP) is 3.81. The molecule has 0 amide bonds. The van der Waals surface area contributed by atoms with Crippen LogP contribution in [-0.2, 0) is 6.54 Å². The quantitative estimate of drug-likeness (QED) is 0.851. The van der Waals surface area contributed by atoms with Crippen LogP contribution in [0.4, 0.5) is 5.13 Å². The second-order valence-electron chi connectivity index (χ2n) is 7.28. The number of nitrogens with zero attached hydrogens (tertiary/aromatic N) is 3. The fourth-order valence-corrected chi connectivity index (χ4v) is 4.31. The molecule has 1 N–H and O–H groups in total. The van der Waals surface area contributed by atoms with Gasteiger partial charge in [-0.25, -0.2) is 4.98 Å². The molecule has 2 aliphatic rings. The predicted molar refractivity (Wildman–Crippen MR) is 102 cm³/mol. The van der Waals surface area contributed by atoms with Crippen LogP contribution in [0, 0.1) is 6.92 Å². The van der Waals surface area contributed by atoms with Crippen LogP contribution in [0.1, 0.15) is 48.2 Å². The van der Waals surface area contributed by atoms with E-state index >= 15 is 0 Å². The zero-order valence-corrected chi connectivity index (χ0v) is 16.0. The van der Waals surface area contributed by atoms with Crippen LogP contribution in [-0.4, -0.2) is 40.6 Å². The number of aromatic nitrogens is 2. The molecule has 0 radical (unpaired) electrons. The topological polar surface area (TPSA) is 50.3 Å². The smallest absolute Gasteiger partial charge is 0.182 e. The minimum atomic E-state index is 0.235. The monoisotopic (exact) mass is 358 g/mol. The molecule has 5 nitrogen and oxygen atoms in total. The first-order chi connectivity index (χ1) is 12.1. The number of pyridine rings is 1. The van der Waals surface area contributed by atoms with Crippen molar-refractivity contribution < 1.29 is 4.74 Å². The molecule has 0 bridgehead atoms. The Hall–Kier alpha value is -1.66. The maximum atomic E-state index is 6.30. The summed E-state index contributed by atoms with van der Waals surface area (Å²) in [6.07, 6.45) is 7.77. The van der Waals surface area contributed by atoms with Crippen molar-refractivity contribution in [1.29, 1.82) is 0 Å². The Morgan fingerprint density at radius 1 is 1.32 bits per heavy atom. The molecule has 4 rings (SSSR count). The fraction of sp³-hybridized carbons (Fsp3) is 0.579. The Kier molecular flexibility index (Phi) is 4.65. The van der Waals surface area contributed by atoms with E-state index in [1.165, 1.54) is 29.0 Å². The number of rotatable bonds is 6. The summed E-state index contributed by atoms with van der Waals surface area (Å²) < 4.78 is 6.30. The minimum absolute atomic E-state index is 0.235. The van der Waals surface area contributed by atoms with Crippen molar-refractivity contribution in [2.75, 3.05) is 18.9 Å². The van der Waals surface area contributed by atoms with Gasteiger partial charge < -0.3 is 10.1 Å². The average molecular weight is 359 g/mol. The van der Waals surface area contributed by atoms with Gasteiger partial charge in [0.05, 0.1) is 6.20 Å². The normalized spacial score (nSPS) is 23.8. The zero-order valence-electron chi connectivity index (χ0n) is 15.2. The Balaban J connectivity index is 1.37. The summed E-state index contributed by atoms with van der Waals surface area (Å²) >= 11 is 1.72. The Morgan fingerprint density at radius 2 is 2.16 bits per heavy atom. The first-order valence-electron chi connectivity index (χ1n) is 9.12. The van der Waals surface area contributed by atoms with Gasteiger partial charge in [-0.2, -0.15) is 0 Å². The lowest BCUT2D eigenvalue weighted by Crippen LogP contribution is -2.27. The van der Waals surface area contributed by atoms with Crippen molar-refractivity contribution in [3.05, 3.63) is 34.6 Å². The van der Waals surface area contributed by atoms with Crippen LogP contribution in [0.3, 0.4) is 0 Å².